The van der Waals surface area contributed by atoms with Crippen LogP contribution < -0.4 is 0 Å². The summed E-state index contributed by atoms with van der Waals surface area (Å²) in [5.74, 6) is -2.79. The quantitative estimate of drug-likeness (QED) is 0.807. The Balaban J connectivity index is 2.29. The highest BCUT2D eigenvalue weighted by Crippen LogP contribution is 2.35. The second kappa shape index (κ2) is 8.21. The zero-order valence-electron chi connectivity index (χ0n) is 15.9. The van der Waals surface area contributed by atoms with Crippen molar-refractivity contribution in [2.45, 2.75) is 57.8 Å². The minimum atomic E-state index is -1.58. The molecular weight excluding hydrogens is 360 g/mol. The number of carbonyl (C=O) groups excluding carboxylic acids is 2. The van der Waals surface area contributed by atoms with Crippen molar-refractivity contribution in [3.05, 3.63) is 35.4 Å². The van der Waals surface area contributed by atoms with E-state index in [-0.39, 0.29) is 19.6 Å². The molecule has 1 amide bonds. The third-order valence-corrected chi connectivity index (χ3v) is 4.22. The maximum Gasteiger partial charge on any atom is 0.410 e. The fourth-order valence-electron chi connectivity index (χ4n) is 3.13. The lowest BCUT2D eigenvalue weighted by Crippen LogP contribution is -2.48. The Labute approximate surface area is 157 Å². The van der Waals surface area contributed by atoms with Gasteiger partial charge in [0.1, 0.15) is 17.2 Å². The number of halogens is 2. The van der Waals surface area contributed by atoms with E-state index in [1.807, 2.05) is 0 Å². The molecule has 0 spiro atoms. The van der Waals surface area contributed by atoms with Crippen LogP contribution in [0.25, 0.3) is 0 Å². The van der Waals surface area contributed by atoms with Gasteiger partial charge in [0.05, 0.1) is 12.6 Å². The molecule has 1 aromatic carbocycles. The number of ether oxygens (including phenoxy) is 2. The third-order valence-electron chi connectivity index (χ3n) is 4.22. The average Bonchev–Trinajstić information content (AvgIpc) is 2.97. The van der Waals surface area contributed by atoms with Crippen LogP contribution in [-0.2, 0) is 14.3 Å². The Morgan fingerprint density at radius 2 is 1.85 bits per heavy atom. The molecule has 1 aliphatic rings. The van der Waals surface area contributed by atoms with Gasteiger partial charge < -0.3 is 19.5 Å². The van der Waals surface area contributed by atoms with Gasteiger partial charge in [-0.05, 0) is 51.8 Å². The Morgan fingerprint density at radius 3 is 2.37 bits per heavy atom. The summed E-state index contributed by atoms with van der Waals surface area (Å²) < 4.78 is 37.3. The molecule has 3 atom stereocenters. The minimum absolute atomic E-state index is 0.0545. The number of rotatable bonds is 4. The number of likely N-dealkylation sites (tertiary alicyclic amines) is 1. The first-order valence-corrected chi connectivity index (χ1v) is 8.82. The van der Waals surface area contributed by atoms with Crippen LogP contribution in [0, 0.1) is 11.6 Å². The van der Waals surface area contributed by atoms with Crippen molar-refractivity contribution in [2.24, 2.45) is 0 Å². The summed E-state index contributed by atoms with van der Waals surface area (Å²) in [6.07, 6.45) is -2.15. The standard InChI is InChI=1S/C19H25F2NO5/c1-5-26-17(24)16(23)15-8-12(11-6-13(20)9-14(21)7-11)10-22(15)18(25)27-19(2,3)4/h6-7,9,12,15-16,23H,5,8,10H2,1-4H3. The molecule has 0 saturated carbocycles. The van der Waals surface area contributed by atoms with Gasteiger partial charge in [-0.2, -0.15) is 0 Å². The van der Waals surface area contributed by atoms with Crippen molar-refractivity contribution in [1.29, 1.82) is 0 Å². The van der Waals surface area contributed by atoms with Crippen LogP contribution in [0.5, 0.6) is 0 Å². The normalized spacial score (nSPS) is 21.1. The number of nitrogens with zero attached hydrogens (tertiary/aromatic N) is 1. The molecule has 27 heavy (non-hydrogen) atoms. The minimum Gasteiger partial charge on any atom is -0.464 e. The summed E-state index contributed by atoms with van der Waals surface area (Å²) >= 11 is 0. The number of aliphatic hydroxyl groups is 1. The van der Waals surface area contributed by atoms with Gasteiger partial charge in [0, 0.05) is 18.5 Å². The summed E-state index contributed by atoms with van der Waals surface area (Å²) in [5.41, 5.74) is -0.431. The van der Waals surface area contributed by atoms with E-state index in [2.05, 4.69) is 0 Å². The van der Waals surface area contributed by atoms with Crippen LogP contribution in [0.1, 0.15) is 45.6 Å². The predicted octanol–water partition coefficient (Wildman–Crippen LogP) is 2.98. The zero-order valence-corrected chi connectivity index (χ0v) is 15.9. The molecular formula is C19H25F2NO5. The highest BCUT2D eigenvalue weighted by atomic mass is 19.1. The van der Waals surface area contributed by atoms with E-state index in [1.54, 1.807) is 27.7 Å². The van der Waals surface area contributed by atoms with Crippen LogP contribution in [0.4, 0.5) is 13.6 Å². The van der Waals surface area contributed by atoms with Crippen molar-refractivity contribution in [3.8, 4) is 0 Å². The topological polar surface area (TPSA) is 76.1 Å². The molecule has 6 nitrogen and oxygen atoms in total. The monoisotopic (exact) mass is 385 g/mol. The largest absolute Gasteiger partial charge is 0.464 e. The first-order valence-electron chi connectivity index (χ1n) is 8.82. The van der Waals surface area contributed by atoms with Gasteiger partial charge in [0.2, 0.25) is 0 Å². The molecule has 3 unspecified atom stereocenters. The van der Waals surface area contributed by atoms with E-state index < -0.39 is 47.4 Å². The Hall–Kier alpha value is -2.22. The molecule has 0 bridgehead atoms. The number of carbonyl (C=O) groups is 2. The van der Waals surface area contributed by atoms with E-state index in [0.29, 0.717) is 5.56 Å². The van der Waals surface area contributed by atoms with Gasteiger partial charge in [0.25, 0.3) is 0 Å². The number of amides is 1. The predicted molar refractivity (Wildman–Crippen MR) is 93.1 cm³/mol. The summed E-state index contributed by atoms with van der Waals surface area (Å²) in [7, 11) is 0. The molecule has 0 aliphatic carbocycles. The maximum atomic E-state index is 13.6. The summed E-state index contributed by atoms with van der Waals surface area (Å²) in [4.78, 5) is 25.7. The molecule has 1 saturated heterocycles. The van der Waals surface area contributed by atoms with Crippen molar-refractivity contribution in [2.75, 3.05) is 13.2 Å². The second-order valence-electron chi connectivity index (χ2n) is 7.53. The first-order chi connectivity index (χ1) is 12.5. The van der Waals surface area contributed by atoms with Crippen molar-refractivity contribution in [1.82, 2.24) is 4.90 Å². The summed E-state index contributed by atoms with van der Waals surface area (Å²) in [6, 6.07) is 2.20. The number of hydrogen-bond donors (Lipinski definition) is 1. The lowest BCUT2D eigenvalue weighted by atomic mass is 9.94. The molecule has 1 aliphatic heterocycles. The lowest BCUT2D eigenvalue weighted by molar-refractivity contribution is -0.156. The van der Waals surface area contributed by atoms with Gasteiger partial charge in [-0.1, -0.05) is 0 Å². The molecule has 1 aromatic rings. The first kappa shape index (κ1) is 21.1. The smallest absolute Gasteiger partial charge is 0.410 e. The lowest BCUT2D eigenvalue weighted by Gasteiger charge is -2.30. The van der Waals surface area contributed by atoms with Crippen LogP contribution in [0.15, 0.2) is 18.2 Å². The Kier molecular flexibility index (Phi) is 6.41. The highest BCUT2D eigenvalue weighted by molar-refractivity contribution is 5.77. The highest BCUT2D eigenvalue weighted by Gasteiger charge is 2.44. The van der Waals surface area contributed by atoms with Gasteiger partial charge in [0.15, 0.2) is 6.10 Å². The number of hydrogen-bond acceptors (Lipinski definition) is 5. The van der Waals surface area contributed by atoms with Crippen LogP contribution >= 0.6 is 0 Å². The van der Waals surface area contributed by atoms with E-state index >= 15 is 0 Å². The van der Waals surface area contributed by atoms with Crippen LogP contribution in [0.2, 0.25) is 0 Å². The van der Waals surface area contributed by atoms with Crippen LogP contribution in [0.3, 0.4) is 0 Å². The molecule has 8 heteroatoms. The van der Waals surface area contributed by atoms with Gasteiger partial charge in [-0.3, -0.25) is 0 Å². The fraction of sp³-hybridized carbons (Fsp3) is 0.579. The van der Waals surface area contributed by atoms with E-state index in [1.165, 1.54) is 17.0 Å². The van der Waals surface area contributed by atoms with Gasteiger partial charge in [-0.25, -0.2) is 18.4 Å². The van der Waals surface area contributed by atoms with E-state index in [0.717, 1.165) is 6.07 Å². The molecule has 150 valence electrons. The average molecular weight is 385 g/mol. The van der Waals surface area contributed by atoms with E-state index in [4.69, 9.17) is 9.47 Å². The number of aliphatic hydroxyl groups excluding tert-OH is 1. The maximum absolute atomic E-state index is 13.6. The number of esters is 1. The van der Waals surface area contributed by atoms with Crippen LogP contribution in [-0.4, -0.2) is 53.0 Å². The van der Waals surface area contributed by atoms with Crippen molar-refractivity contribution in [3.63, 3.8) is 0 Å². The molecule has 2 rings (SSSR count). The fourth-order valence-corrected chi connectivity index (χ4v) is 3.13. The summed E-state index contributed by atoms with van der Waals surface area (Å²) in [6.45, 7) is 6.81. The Bertz CT molecular complexity index is 684. The van der Waals surface area contributed by atoms with Crippen molar-refractivity contribution < 1.29 is 33.0 Å². The Morgan fingerprint density at radius 1 is 1.26 bits per heavy atom. The zero-order chi connectivity index (χ0) is 20.4. The SMILES string of the molecule is CCOC(=O)C(O)C1CC(c2cc(F)cc(F)c2)CN1C(=O)OC(C)(C)C. The molecule has 1 N–H and O–H groups in total. The molecule has 1 heterocycles. The molecule has 0 radical (unpaired) electrons. The number of benzene rings is 1. The van der Waals surface area contributed by atoms with Gasteiger partial charge in [-0.15, -0.1) is 0 Å². The van der Waals surface area contributed by atoms with Gasteiger partial charge >= 0.3 is 12.1 Å². The van der Waals surface area contributed by atoms with E-state index in [9.17, 15) is 23.5 Å². The van der Waals surface area contributed by atoms with Crippen molar-refractivity contribution >= 4 is 12.1 Å². The second-order valence-corrected chi connectivity index (χ2v) is 7.53. The summed E-state index contributed by atoms with van der Waals surface area (Å²) in [5, 5.41) is 10.4. The molecule has 1 fully saturated rings. The third kappa shape index (κ3) is 5.38. The molecule has 0 aromatic heterocycles.